The third kappa shape index (κ3) is 2.63. The maximum Gasteiger partial charge on any atom is 0.303 e. The molecule has 0 radical (unpaired) electrons. The number of ether oxygens (including phenoxy) is 2. The molecule has 2 saturated carbocycles. The van der Waals surface area contributed by atoms with Gasteiger partial charge >= 0.3 is 5.97 Å². The summed E-state index contributed by atoms with van der Waals surface area (Å²) in [7, 11) is 0. The first-order chi connectivity index (χ1) is 13.1. The van der Waals surface area contributed by atoms with E-state index in [1.165, 1.54) is 19.9 Å². The van der Waals surface area contributed by atoms with Gasteiger partial charge in [-0.3, -0.25) is 9.59 Å². The minimum Gasteiger partial charge on any atom is -0.457 e. The molecule has 2 aliphatic carbocycles. The van der Waals surface area contributed by atoms with Crippen molar-refractivity contribution in [1.29, 1.82) is 0 Å². The van der Waals surface area contributed by atoms with Crippen LogP contribution in [-0.2, 0) is 19.1 Å². The summed E-state index contributed by atoms with van der Waals surface area (Å²) in [6.07, 6.45) is -1.29. The molecule has 29 heavy (non-hydrogen) atoms. The largest absolute Gasteiger partial charge is 0.457 e. The van der Waals surface area contributed by atoms with Crippen LogP contribution in [0.4, 0.5) is 0 Å². The fourth-order valence-corrected chi connectivity index (χ4v) is 6.66. The van der Waals surface area contributed by atoms with Gasteiger partial charge in [0.25, 0.3) is 0 Å². The van der Waals surface area contributed by atoms with Gasteiger partial charge in [0.05, 0.1) is 17.8 Å². The van der Waals surface area contributed by atoms with Gasteiger partial charge < -0.3 is 24.8 Å². The highest BCUT2D eigenvalue weighted by molar-refractivity contribution is 5.92. The third-order valence-electron chi connectivity index (χ3n) is 8.02. The van der Waals surface area contributed by atoms with Crippen molar-refractivity contribution in [3.05, 3.63) is 12.7 Å². The van der Waals surface area contributed by atoms with E-state index in [0.717, 1.165) is 0 Å². The van der Waals surface area contributed by atoms with E-state index in [1.807, 2.05) is 13.8 Å². The quantitative estimate of drug-likeness (QED) is 0.467. The Morgan fingerprint density at radius 3 is 2.34 bits per heavy atom. The fourth-order valence-electron chi connectivity index (χ4n) is 6.66. The molecule has 7 nitrogen and oxygen atoms in total. The Bertz CT molecular complexity index is 747. The van der Waals surface area contributed by atoms with Crippen molar-refractivity contribution in [2.45, 2.75) is 95.9 Å². The molecular formula is C22H34O7. The second-order valence-electron chi connectivity index (χ2n) is 10.4. The molecule has 0 spiro atoms. The monoisotopic (exact) mass is 410 g/mol. The van der Waals surface area contributed by atoms with Crippen molar-refractivity contribution in [2.24, 2.45) is 16.7 Å². The van der Waals surface area contributed by atoms with Crippen molar-refractivity contribution in [1.82, 2.24) is 0 Å². The Morgan fingerprint density at radius 1 is 1.24 bits per heavy atom. The number of carbonyl (C=O) groups excluding carboxylic acids is 2. The summed E-state index contributed by atoms with van der Waals surface area (Å²) < 4.78 is 11.8. The number of hydrogen-bond donors (Lipinski definition) is 3. The molecular weight excluding hydrogens is 376 g/mol. The van der Waals surface area contributed by atoms with Crippen molar-refractivity contribution >= 4 is 11.8 Å². The van der Waals surface area contributed by atoms with Crippen LogP contribution in [0.3, 0.4) is 0 Å². The molecule has 164 valence electrons. The van der Waals surface area contributed by atoms with E-state index < -0.39 is 63.6 Å². The lowest BCUT2D eigenvalue weighted by atomic mass is 9.40. The highest BCUT2D eigenvalue weighted by Gasteiger charge is 2.81. The number of Topliss-reactive ketones (excluding diaryl/α,β-unsaturated/α-hetero) is 1. The van der Waals surface area contributed by atoms with Crippen molar-refractivity contribution < 1.29 is 34.4 Å². The number of aliphatic hydroxyl groups is 3. The maximum absolute atomic E-state index is 13.6. The van der Waals surface area contributed by atoms with Gasteiger partial charge in [0, 0.05) is 24.7 Å². The first-order valence-corrected chi connectivity index (χ1v) is 10.2. The van der Waals surface area contributed by atoms with E-state index >= 15 is 0 Å². The summed E-state index contributed by atoms with van der Waals surface area (Å²) in [5.41, 5.74) is -7.00. The highest BCUT2D eigenvalue weighted by atomic mass is 16.6. The molecule has 3 fully saturated rings. The summed E-state index contributed by atoms with van der Waals surface area (Å²) >= 11 is 0. The second-order valence-corrected chi connectivity index (χ2v) is 10.4. The molecule has 1 saturated heterocycles. The van der Waals surface area contributed by atoms with E-state index in [4.69, 9.17) is 9.47 Å². The molecule has 0 aromatic carbocycles. The second kappa shape index (κ2) is 6.36. The van der Waals surface area contributed by atoms with Crippen LogP contribution in [0.25, 0.3) is 0 Å². The van der Waals surface area contributed by atoms with Crippen LogP contribution in [0, 0.1) is 16.7 Å². The first-order valence-electron chi connectivity index (χ1n) is 10.2. The number of fused-ring (bicyclic) bond motifs is 3. The van der Waals surface area contributed by atoms with Crippen LogP contribution in [0.2, 0.25) is 0 Å². The third-order valence-corrected chi connectivity index (χ3v) is 8.02. The normalized spacial score (nSPS) is 51.6. The fraction of sp³-hybridized carbons (Fsp3) is 0.818. The van der Waals surface area contributed by atoms with E-state index in [9.17, 15) is 24.9 Å². The zero-order chi connectivity index (χ0) is 22.2. The van der Waals surface area contributed by atoms with Gasteiger partial charge in [-0.25, -0.2) is 0 Å². The average Bonchev–Trinajstić information content (AvgIpc) is 2.59. The van der Waals surface area contributed by atoms with Crippen LogP contribution in [-0.4, -0.2) is 62.2 Å². The number of ketones is 1. The Morgan fingerprint density at radius 2 is 1.83 bits per heavy atom. The maximum atomic E-state index is 13.6. The Labute approximate surface area is 172 Å². The molecule has 1 unspecified atom stereocenters. The minimum atomic E-state index is -2.18. The van der Waals surface area contributed by atoms with Crippen LogP contribution in [0.1, 0.15) is 60.8 Å². The van der Waals surface area contributed by atoms with E-state index in [-0.39, 0.29) is 6.42 Å². The number of rotatable bonds is 2. The van der Waals surface area contributed by atoms with E-state index in [2.05, 4.69) is 6.58 Å². The molecule has 0 aromatic heterocycles. The molecule has 0 amide bonds. The average molecular weight is 411 g/mol. The molecule has 0 aromatic rings. The number of hydrogen-bond acceptors (Lipinski definition) is 7. The Hall–Kier alpha value is -1.28. The van der Waals surface area contributed by atoms with Crippen molar-refractivity contribution in [2.75, 3.05) is 0 Å². The summed E-state index contributed by atoms with van der Waals surface area (Å²) in [4.78, 5) is 25.5. The van der Waals surface area contributed by atoms with Crippen LogP contribution in [0.5, 0.6) is 0 Å². The van der Waals surface area contributed by atoms with E-state index in [1.54, 1.807) is 13.8 Å². The smallest absolute Gasteiger partial charge is 0.303 e. The molecule has 3 N–H and O–H groups in total. The van der Waals surface area contributed by atoms with Crippen LogP contribution >= 0.6 is 0 Å². The standard InChI is InChI=1S/C22H34O7/c1-8-19(5)11-14(25)22(27)20(6)13(24)9-10-18(3,4)16(20)15(26)17(28-12(2)23)21(22,7)29-19/h8,13,15-17,24,26-27H,1,9-11H2,2-7H3/t13-,15-,16?,17-,19-,20-,21+,22-/m0/s1. The number of esters is 1. The molecule has 1 heterocycles. The predicted molar refractivity (Wildman–Crippen MR) is 105 cm³/mol. The molecule has 3 rings (SSSR count). The van der Waals surface area contributed by atoms with Gasteiger partial charge in [-0.1, -0.05) is 26.8 Å². The van der Waals surface area contributed by atoms with Gasteiger partial charge in [-0.2, -0.15) is 0 Å². The summed E-state index contributed by atoms with van der Waals surface area (Å²) in [5.74, 6) is -1.87. The topological polar surface area (TPSA) is 113 Å². The van der Waals surface area contributed by atoms with Crippen LogP contribution < -0.4 is 0 Å². The SMILES string of the molecule is C=C[C@@]1(C)CC(=O)[C@@]2(O)[C@](C)(O1)[C@@H](OC(C)=O)[C@@H](O)C1C(C)(C)CC[C@H](O)[C@@]12C. The number of aliphatic hydroxyl groups excluding tert-OH is 2. The van der Waals surface area contributed by atoms with Crippen molar-refractivity contribution in [3.8, 4) is 0 Å². The minimum absolute atomic E-state index is 0.138. The Kier molecular flexibility index (Phi) is 4.91. The molecule has 7 heteroatoms. The lowest BCUT2D eigenvalue weighted by molar-refractivity contribution is -0.370. The molecule has 8 atom stereocenters. The van der Waals surface area contributed by atoms with Gasteiger partial charge in [0.1, 0.15) is 5.60 Å². The zero-order valence-corrected chi connectivity index (χ0v) is 18.2. The van der Waals surface area contributed by atoms with Gasteiger partial charge in [0.2, 0.25) is 0 Å². The predicted octanol–water partition coefficient (Wildman–Crippen LogP) is 1.52. The summed E-state index contributed by atoms with van der Waals surface area (Å²) in [5, 5.41) is 34.7. The van der Waals surface area contributed by atoms with E-state index in [0.29, 0.717) is 12.8 Å². The van der Waals surface area contributed by atoms with Gasteiger partial charge in [-0.15, -0.1) is 6.58 Å². The molecule has 1 aliphatic heterocycles. The molecule has 0 bridgehead atoms. The number of carbonyl (C=O) groups is 2. The first kappa shape index (κ1) is 22.4. The van der Waals surface area contributed by atoms with Gasteiger partial charge in [0.15, 0.2) is 17.5 Å². The zero-order valence-electron chi connectivity index (χ0n) is 18.2. The lowest BCUT2D eigenvalue weighted by Crippen LogP contribution is -2.86. The van der Waals surface area contributed by atoms with Crippen molar-refractivity contribution in [3.63, 3.8) is 0 Å². The Balaban J connectivity index is 2.33. The van der Waals surface area contributed by atoms with Gasteiger partial charge in [-0.05, 0) is 32.1 Å². The van der Waals surface area contributed by atoms with Crippen LogP contribution in [0.15, 0.2) is 12.7 Å². The highest BCUT2D eigenvalue weighted by Crippen LogP contribution is 2.66. The summed E-state index contributed by atoms with van der Waals surface area (Å²) in [6.45, 7) is 13.6. The summed E-state index contributed by atoms with van der Waals surface area (Å²) in [6, 6.07) is 0. The lowest BCUT2D eigenvalue weighted by Gasteiger charge is -2.71. The molecule has 3 aliphatic rings.